The number of hydrogen-bond acceptors (Lipinski definition) is 4. The van der Waals surface area contributed by atoms with Crippen molar-refractivity contribution in [3.8, 4) is 28.4 Å². The van der Waals surface area contributed by atoms with Crippen molar-refractivity contribution in [2.24, 2.45) is 0 Å². The Morgan fingerprint density at radius 3 is 1.68 bits per heavy atom. The van der Waals surface area contributed by atoms with Crippen LogP contribution in [0.1, 0.15) is 103 Å². The smallest absolute Gasteiger partial charge is 0.509 e. The van der Waals surface area contributed by atoms with Gasteiger partial charge in [0, 0.05) is 51.1 Å². The monoisotopic (exact) mass is 1160 g/mol. The van der Waals surface area contributed by atoms with Crippen molar-refractivity contribution in [2.75, 3.05) is 9.80 Å². The first-order chi connectivity index (χ1) is 34.9. The predicted octanol–water partition coefficient (Wildman–Crippen LogP) is 18.3. The molecule has 0 saturated heterocycles. The summed E-state index contributed by atoms with van der Waals surface area (Å²) in [6, 6.07) is 75.1. The molecule has 3 heterocycles. The van der Waals surface area contributed by atoms with Crippen LogP contribution in [0.15, 0.2) is 194 Å². The largest absolute Gasteiger partial charge is 4.00 e. The summed E-state index contributed by atoms with van der Waals surface area (Å²) in [7, 11) is 0. The number of benzene rings is 8. The molecule has 0 N–H and O–H groups in total. The van der Waals surface area contributed by atoms with Crippen molar-refractivity contribution in [3.05, 3.63) is 254 Å². The zero-order chi connectivity index (χ0) is 50.9. The Hall–Kier alpha value is -7.20. The summed E-state index contributed by atoms with van der Waals surface area (Å²) in [5.74, 6) is 2.02. The van der Waals surface area contributed by atoms with Crippen LogP contribution >= 0.6 is 0 Å². The number of anilines is 4. The van der Waals surface area contributed by atoms with E-state index < -0.39 is 0 Å². The molecule has 8 aromatic carbocycles. The number of rotatable bonds is 10. The SMILES string of the molecule is CC(C)(C)c1ccnc(-n2c3[c-]c(Oc4[c-]c(N5[CH-]N(c6cc(C(C)(C)c7ccccc7)cc(C(C)(C)c7ccccc7)c6)c6cc(C(C)(C)C)ccc65)ccc4)ccc3c3cc(-c4ccccc4)ccc32)c1.[CH3-].[Pt+4]. The number of fused-ring (bicyclic) bond motifs is 4. The third kappa shape index (κ3) is 9.96. The van der Waals surface area contributed by atoms with Crippen molar-refractivity contribution < 1.29 is 25.8 Å². The van der Waals surface area contributed by atoms with Gasteiger partial charge in [-0.2, -0.15) is 12.1 Å². The van der Waals surface area contributed by atoms with E-state index in [4.69, 9.17) is 9.72 Å². The molecule has 0 bridgehead atoms. The Morgan fingerprint density at radius 1 is 0.453 bits per heavy atom. The molecule has 0 amide bonds. The Morgan fingerprint density at radius 2 is 1.05 bits per heavy atom. The summed E-state index contributed by atoms with van der Waals surface area (Å²) >= 11 is 0. The Balaban J connectivity index is 0.00000344. The van der Waals surface area contributed by atoms with Crippen molar-refractivity contribution in [1.82, 2.24) is 9.55 Å². The maximum atomic E-state index is 6.80. The van der Waals surface area contributed by atoms with Gasteiger partial charge in [0.2, 0.25) is 0 Å². The average molecular weight is 1160 g/mol. The summed E-state index contributed by atoms with van der Waals surface area (Å²) in [6.45, 7) is 25.1. The summed E-state index contributed by atoms with van der Waals surface area (Å²) in [6.07, 6.45) is 1.91. The summed E-state index contributed by atoms with van der Waals surface area (Å²) in [4.78, 5) is 9.57. The average Bonchev–Trinajstić information content (AvgIpc) is 3.94. The van der Waals surface area contributed by atoms with Crippen molar-refractivity contribution in [1.29, 1.82) is 0 Å². The van der Waals surface area contributed by atoms with Crippen LogP contribution in [0.2, 0.25) is 0 Å². The van der Waals surface area contributed by atoms with E-state index in [2.05, 4.69) is 272 Å². The van der Waals surface area contributed by atoms with Crippen molar-refractivity contribution >= 4 is 44.6 Å². The minimum absolute atomic E-state index is 0. The molecule has 0 atom stereocenters. The number of pyridine rings is 1. The maximum Gasteiger partial charge on any atom is 4.00 e. The fraction of sp³-hybridized carbons (Fsp3) is 0.203. The molecule has 378 valence electrons. The molecule has 0 saturated carbocycles. The first kappa shape index (κ1) is 52.7. The van der Waals surface area contributed by atoms with Crippen molar-refractivity contribution in [3.63, 3.8) is 0 Å². The van der Waals surface area contributed by atoms with E-state index in [0.29, 0.717) is 11.5 Å². The van der Waals surface area contributed by atoms with Gasteiger partial charge in [-0.05, 0) is 103 Å². The van der Waals surface area contributed by atoms with Gasteiger partial charge < -0.3 is 26.5 Å². The second kappa shape index (κ2) is 20.2. The molecule has 0 radical (unpaired) electrons. The Kier molecular flexibility index (Phi) is 14.1. The Labute approximate surface area is 460 Å². The third-order valence-electron chi connectivity index (χ3n) is 15.1. The van der Waals surface area contributed by atoms with Crippen LogP contribution in [0.25, 0.3) is 38.8 Å². The molecule has 1 aliphatic rings. The van der Waals surface area contributed by atoms with Crippen LogP contribution in [0, 0.1) is 26.2 Å². The first-order valence-corrected chi connectivity index (χ1v) is 25.5. The van der Waals surface area contributed by atoms with E-state index in [1.54, 1.807) is 0 Å². The molecular formula is C69H66N4OPt. The van der Waals surface area contributed by atoms with Crippen LogP contribution in [0.5, 0.6) is 11.5 Å². The molecular weight excluding hydrogens is 1100 g/mol. The standard InChI is InChI=1S/C68H63N4O.CH3.Pt/c1-65(2,3)50-30-34-61-63(41-50)71(55-39-52(67(7,8)48-23-16-12-17-24-48)38-53(40-55)68(9,10)49-25-18-13-19-26-49)45-70(61)54-27-20-28-56(43-54)73-57-31-32-58-59-37-47(46-21-14-11-15-22-46)29-33-60(59)72(62(58)44-57)64-42-51(35-36-69-64)66(4,5)6;;/h11-42,45H,1-10H3;1H3;/q-3;-1;+4. The number of ether oxygens (including phenoxy) is 1. The fourth-order valence-electron chi connectivity index (χ4n) is 10.3. The van der Waals surface area contributed by atoms with Gasteiger partial charge in [0.1, 0.15) is 5.82 Å². The second-order valence-electron chi connectivity index (χ2n) is 22.7. The molecule has 0 unspecified atom stereocenters. The van der Waals surface area contributed by atoms with E-state index >= 15 is 0 Å². The summed E-state index contributed by atoms with van der Waals surface area (Å²) in [5, 5.41) is 2.20. The summed E-state index contributed by atoms with van der Waals surface area (Å²) < 4.78 is 9.02. The maximum absolute atomic E-state index is 6.80. The third-order valence-corrected chi connectivity index (χ3v) is 15.1. The fourth-order valence-corrected chi connectivity index (χ4v) is 10.3. The van der Waals surface area contributed by atoms with Gasteiger partial charge in [0.05, 0.1) is 0 Å². The molecule has 11 rings (SSSR count). The van der Waals surface area contributed by atoms with Gasteiger partial charge in [0.15, 0.2) is 0 Å². The Bertz CT molecular complexity index is 3590. The van der Waals surface area contributed by atoms with Gasteiger partial charge >= 0.3 is 21.1 Å². The number of aromatic nitrogens is 2. The molecule has 6 heteroatoms. The number of nitrogens with zero attached hydrogens (tertiary/aromatic N) is 4. The topological polar surface area (TPSA) is 33.5 Å². The second-order valence-corrected chi connectivity index (χ2v) is 22.7. The van der Waals surface area contributed by atoms with Gasteiger partial charge in [0.25, 0.3) is 0 Å². The summed E-state index contributed by atoms with van der Waals surface area (Å²) in [5.41, 5.74) is 15.2. The number of hydrogen-bond donors (Lipinski definition) is 0. The molecule has 1 aliphatic heterocycles. The van der Waals surface area contributed by atoms with E-state index in [9.17, 15) is 0 Å². The van der Waals surface area contributed by atoms with Gasteiger partial charge in [-0.25, -0.2) is 4.98 Å². The van der Waals surface area contributed by atoms with E-state index in [1.807, 2.05) is 24.4 Å². The van der Waals surface area contributed by atoms with E-state index in [1.165, 1.54) is 38.9 Å². The molecule has 0 fully saturated rings. The van der Waals surface area contributed by atoms with Crippen molar-refractivity contribution in [2.45, 2.75) is 90.9 Å². The van der Waals surface area contributed by atoms with Crippen LogP contribution in [-0.4, -0.2) is 9.55 Å². The minimum atomic E-state index is -0.278. The predicted molar refractivity (Wildman–Crippen MR) is 311 cm³/mol. The van der Waals surface area contributed by atoms with Crippen LogP contribution in [-0.2, 0) is 42.7 Å². The van der Waals surface area contributed by atoms with E-state index in [0.717, 1.165) is 55.9 Å². The molecule has 5 nitrogen and oxygen atoms in total. The molecule has 0 spiro atoms. The minimum Gasteiger partial charge on any atom is -0.509 e. The van der Waals surface area contributed by atoms with Crippen LogP contribution in [0.4, 0.5) is 22.7 Å². The van der Waals surface area contributed by atoms with Gasteiger partial charge in [-0.1, -0.05) is 190 Å². The molecule has 0 aliphatic carbocycles. The molecule has 2 aromatic heterocycles. The van der Waals surface area contributed by atoms with Gasteiger partial charge in [-0.3, -0.25) is 0 Å². The van der Waals surface area contributed by atoms with E-state index in [-0.39, 0.29) is 50.2 Å². The molecule has 10 aromatic rings. The van der Waals surface area contributed by atoms with Crippen LogP contribution < -0.4 is 14.5 Å². The van der Waals surface area contributed by atoms with Crippen LogP contribution in [0.3, 0.4) is 0 Å². The quantitative estimate of drug-likeness (QED) is 0.128. The zero-order valence-electron chi connectivity index (χ0n) is 45.1. The first-order valence-electron chi connectivity index (χ1n) is 25.5. The zero-order valence-corrected chi connectivity index (χ0v) is 47.3. The molecule has 75 heavy (non-hydrogen) atoms. The normalized spacial score (nSPS) is 12.9. The van der Waals surface area contributed by atoms with Gasteiger partial charge in [-0.15, -0.1) is 48.1 Å².